The quantitative estimate of drug-likeness (QED) is 0.196. The number of carbonyl (C=O) groups excluding carboxylic acids is 1. The number of benzene rings is 1. The molecular formula is C29H34N6O5S. The van der Waals surface area contributed by atoms with Gasteiger partial charge in [0, 0.05) is 38.1 Å². The molecule has 0 spiro atoms. The average Bonchev–Trinajstić information content (AvgIpc) is 3.61. The molecule has 0 aliphatic heterocycles. The molecule has 5 rings (SSSR count). The van der Waals surface area contributed by atoms with Crippen LogP contribution in [0.5, 0.6) is 5.75 Å². The van der Waals surface area contributed by atoms with Crippen molar-refractivity contribution in [3.8, 4) is 5.75 Å². The molecule has 0 unspecified atom stereocenters. The molecule has 1 amide bonds. The second-order valence-corrected chi connectivity index (χ2v) is 11.9. The highest BCUT2D eigenvalue weighted by Gasteiger charge is 2.26. The summed E-state index contributed by atoms with van der Waals surface area (Å²) in [5.41, 5.74) is 2.33. The SMILES string of the molecule is Cc1ccc(S(=O)(=O)OCCCOc2ccc(Nc3ncc4cc(C(=O)N(C)C)n(C5CCCC5)c4n3)nc2)cc1. The van der Waals surface area contributed by atoms with Crippen LogP contribution < -0.4 is 10.1 Å². The molecule has 216 valence electrons. The highest BCUT2D eigenvalue weighted by atomic mass is 32.2. The smallest absolute Gasteiger partial charge is 0.296 e. The second-order valence-electron chi connectivity index (χ2n) is 10.3. The van der Waals surface area contributed by atoms with Crippen LogP contribution in [0.4, 0.5) is 11.8 Å². The second kappa shape index (κ2) is 12.2. The van der Waals surface area contributed by atoms with E-state index in [1.807, 2.05) is 13.0 Å². The summed E-state index contributed by atoms with van der Waals surface area (Å²) in [6.07, 6.45) is 7.98. The van der Waals surface area contributed by atoms with Gasteiger partial charge in [0.2, 0.25) is 5.95 Å². The van der Waals surface area contributed by atoms with Crippen LogP contribution >= 0.6 is 0 Å². The molecule has 1 fully saturated rings. The van der Waals surface area contributed by atoms with Crippen molar-refractivity contribution < 1.29 is 22.1 Å². The fourth-order valence-corrected chi connectivity index (χ4v) is 5.78. The topological polar surface area (TPSA) is 129 Å². The normalized spacial score (nSPS) is 13.9. The van der Waals surface area contributed by atoms with Gasteiger partial charge >= 0.3 is 0 Å². The molecule has 4 aromatic rings. The van der Waals surface area contributed by atoms with Gasteiger partial charge in [0.05, 0.1) is 24.3 Å². The first-order valence-corrected chi connectivity index (χ1v) is 15.0. The molecule has 1 aliphatic carbocycles. The molecule has 12 heteroatoms. The van der Waals surface area contributed by atoms with E-state index in [-0.39, 0.29) is 30.1 Å². The molecule has 3 heterocycles. The third-order valence-electron chi connectivity index (χ3n) is 6.97. The van der Waals surface area contributed by atoms with E-state index in [0.717, 1.165) is 42.3 Å². The van der Waals surface area contributed by atoms with Gasteiger partial charge in [-0.2, -0.15) is 13.4 Å². The van der Waals surface area contributed by atoms with E-state index >= 15 is 0 Å². The monoisotopic (exact) mass is 578 g/mol. The van der Waals surface area contributed by atoms with Crippen molar-refractivity contribution in [1.29, 1.82) is 0 Å². The van der Waals surface area contributed by atoms with Crippen molar-refractivity contribution in [3.63, 3.8) is 0 Å². The van der Waals surface area contributed by atoms with Gasteiger partial charge in [0.25, 0.3) is 16.0 Å². The number of nitrogens with zero attached hydrogens (tertiary/aromatic N) is 5. The minimum Gasteiger partial charge on any atom is -0.492 e. The van der Waals surface area contributed by atoms with E-state index in [0.29, 0.717) is 29.6 Å². The summed E-state index contributed by atoms with van der Waals surface area (Å²) in [6, 6.07) is 12.1. The number of hydrogen-bond donors (Lipinski definition) is 1. The first kappa shape index (κ1) is 28.5. The molecule has 11 nitrogen and oxygen atoms in total. The van der Waals surface area contributed by atoms with Crippen LogP contribution in [0.15, 0.2) is 59.8 Å². The fraction of sp³-hybridized carbons (Fsp3) is 0.379. The molecule has 41 heavy (non-hydrogen) atoms. The number of rotatable bonds is 11. The van der Waals surface area contributed by atoms with Crippen molar-refractivity contribution in [1.82, 2.24) is 24.4 Å². The van der Waals surface area contributed by atoms with Gasteiger partial charge in [-0.25, -0.2) is 9.97 Å². The summed E-state index contributed by atoms with van der Waals surface area (Å²) < 4.78 is 37.4. The van der Waals surface area contributed by atoms with Gasteiger partial charge in [-0.15, -0.1) is 0 Å². The van der Waals surface area contributed by atoms with E-state index in [1.54, 1.807) is 55.7 Å². The number of anilines is 2. The van der Waals surface area contributed by atoms with Gasteiger partial charge in [-0.3, -0.25) is 8.98 Å². The van der Waals surface area contributed by atoms with Gasteiger partial charge in [0.15, 0.2) is 0 Å². The van der Waals surface area contributed by atoms with Crippen LogP contribution in [0, 0.1) is 6.92 Å². The van der Waals surface area contributed by atoms with Crippen LogP contribution in [0.3, 0.4) is 0 Å². The van der Waals surface area contributed by atoms with E-state index in [4.69, 9.17) is 13.9 Å². The van der Waals surface area contributed by atoms with Crippen LogP contribution in [0.2, 0.25) is 0 Å². The maximum atomic E-state index is 12.9. The Hall–Kier alpha value is -4.03. The van der Waals surface area contributed by atoms with Crippen molar-refractivity contribution >= 4 is 38.8 Å². The predicted molar refractivity (Wildman–Crippen MR) is 155 cm³/mol. The number of aryl methyl sites for hydroxylation is 1. The lowest BCUT2D eigenvalue weighted by atomic mass is 10.2. The Morgan fingerprint density at radius 1 is 1.05 bits per heavy atom. The Morgan fingerprint density at radius 3 is 2.49 bits per heavy atom. The first-order chi connectivity index (χ1) is 19.7. The van der Waals surface area contributed by atoms with Gasteiger partial charge in [-0.05, 0) is 50.1 Å². The van der Waals surface area contributed by atoms with Crippen molar-refractivity contribution in [2.24, 2.45) is 0 Å². The summed E-state index contributed by atoms with van der Waals surface area (Å²) in [5, 5.41) is 3.95. The zero-order valence-corrected chi connectivity index (χ0v) is 24.2. The lowest BCUT2D eigenvalue weighted by Gasteiger charge is -2.19. The number of nitrogens with one attached hydrogen (secondary N) is 1. The van der Waals surface area contributed by atoms with Crippen molar-refractivity contribution in [2.45, 2.75) is 50.0 Å². The van der Waals surface area contributed by atoms with E-state index < -0.39 is 10.1 Å². The molecule has 1 saturated carbocycles. The Kier molecular flexibility index (Phi) is 8.50. The highest BCUT2D eigenvalue weighted by Crippen LogP contribution is 2.35. The van der Waals surface area contributed by atoms with E-state index in [2.05, 4.69) is 19.9 Å². The lowest BCUT2D eigenvalue weighted by Crippen LogP contribution is -2.25. The van der Waals surface area contributed by atoms with Gasteiger partial charge in [-0.1, -0.05) is 30.5 Å². The Bertz CT molecular complexity index is 1610. The van der Waals surface area contributed by atoms with Crippen LogP contribution in [0.25, 0.3) is 11.0 Å². The fourth-order valence-electron chi connectivity index (χ4n) is 4.84. The molecule has 0 bridgehead atoms. The standard InChI is InChI=1S/C29H34N6O5S/c1-20-9-12-24(13-10-20)41(37,38)40-16-6-15-39-23-11-14-26(30-19-23)32-29-31-18-21-17-25(28(36)34(2)3)35(27(21)33-29)22-7-4-5-8-22/h9-14,17-19,22H,4-8,15-16H2,1-3H3,(H,30,31,32,33). The summed E-state index contributed by atoms with van der Waals surface area (Å²) in [5.74, 6) is 1.40. The molecule has 1 aromatic carbocycles. The number of ether oxygens (including phenoxy) is 1. The third kappa shape index (κ3) is 6.66. The molecule has 0 radical (unpaired) electrons. The average molecular weight is 579 g/mol. The van der Waals surface area contributed by atoms with E-state index in [9.17, 15) is 13.2 Å². The first-order valence-electron chi connectivity index (χ1n) is 13.6. The minimum absolute atomic E-state index is 0.00747. The third-order valence-corrected chi connectivity index (χ3v) is 8.30. The maximum Gasteiger partial charge on any atom is 0.296 e. The number of hydrogen-bond acceptors (Lipinski definition) is 9. The molecule has 1 aliphatic rings. The highest BCUT2D eigenvalue weighted by molar-refractivity contribution is 7.86. The Morgan fingerprint density at radius 2 is 1.80 bits per heavy atom. The lowest BCUT2D eigenvalue weighted by molar-refractivity contribution is 0.0815. The minimum atomic E-state index is -3.79. The largest absolute Gasteiger partial charge is 0.492 e. The zero-order chi connectivity index (χ0) is 29.0. The number of fused-ring (bicyclic) bond motifs is 1. The summed E-state index contributed by atoms with van der Waals surface area (Å²) >= 11 is 0. The van der Waals surface area contributed by atoms with E-state index in [1.165, 1.54) is 12.1 Å². The molecule has 0 atom stereocenters. The van der Waals surface area contributed by atoms with Gasteiger partial charge < -0.3 is 19.5 Å². The Balaban J connectivity index is 1.18. The van der Waals surface area contributed by atoms with Crippen LogP contribution in [0.1, 0.15) is 54.2 Å². The molecular weight excluding hydrogens is 544 g/mol. The number of pyridine rings is 1. The van der Waals surface area contributed by atoms with Crippen molar-refractivity contribution in [2.75, 3.05) is 32.6 Å². The molecule has 0 saturated heterocycles. The summed E-state index contributed by atoms with van der Waals surface area (Å²) in [6.45, 7) is 2.16. The number of amides is 1. The summed E-state index contributed by atoms with van der Waals surface area (Å²) in [7, 11) is -0.291. The van der Waals surface area contributed by atoms with Crippen LogP contribution in [-0.2, 0) is 14.3 Å². The number of aromatic nitrogens is 4. The summed E-state index contributed by atoms with van der Waals surface area (Å²) in [4.78, 5) is 28.2. The Labute approximate surface area is 239 Å². The number of carbonyl (C=O) groups is 1. The van der Waals surface area contributed by atoms with Gasteiger partial charge in [0.1, 0.15) is 22.9 Å². The van der Waals surface area contributed by atoms with Crippen LogP contribution in [-0.4, -0.2) is 66.1 Å². The van der Waals surface area contributed by atoms with Crippen molar-refractivity contribution in [3.05, 3.63) is 66.1 Å². The molecule has 1 N–H and O–H groups in total. The maximum absolute atomic E-state index is 12.9. The molecule has 3 aromatic heterocycles. The predicted octanol–water partition coefficient (Wildman–Crippen LogP) is 4.87. The zero-order valence-electron chi connectivity index (χ0n) is 23.4.